The maximum Gasteiger partial charge on any atom is 0.0999 e. The summed E-state index contributed by atoms with van der Waals surface area (Å²) < 4.78 is 0. The number of benzene rings is 1. The van der Waals surface area contributed by atoms with Crippen molar-refractivity contribution in [3.63, 3.8) is 0 Å². The highest BCUT2D eigenvalue weighted by Crippen LogP contribution is 2.45. The van der Waals surface area contributed by atoms with Crippen molar-refractivity contribution in [1.82, 2.24) is 9.88 Å². The summed E-state index contributed by atoms with van der Waals surface area (Å²) in [5, 5.41) is 0. The van der Waals surface area contributed by atoms with Crippen molar-refractivity contribution in [1.29, 1.82) is 0 Å². The molecule has 2 atom stereocenters. The van der Waals surface area contributed by atoms with Crippen LogP contribution < -0.4 is 0 Å². The van der Waals surface area contributed by atoms with E-state index in [4.69, 9.17) is 4.99 Å². The SMILES string of the molecule is c1ccc(C2CCC(c3cccnc3)N2C2=NCCC2)cc1. The summed E-state index contributed by atoms with van der Waals surface area (Å²) in [4.78, 5) is 11.7. The van der Waals surface area contributed by atoms with E-state index in [1.807, 2.05) is 18.5 Å². The minimum Gasteiger partial charge on any atom is -0.346 e. The van der Waals surface area contributed by atoms with Crippen molar-refractivity contribution in [3.05, 3.63) is 66.0 Å². The van der Waals surface area contributed by atoms with Crippen molar-refractivity contribution in [2.24, 2.45) is 4.99 Å². The highest BCUT2D eigenvalue weighted by molar-refractivity contribution is 5.85. The summed E-state index contributed by atoms with van der Waals surface area (Å²) in [6.45, 7) is 0.979. The number of nitrogens with zero attached hydrogens (tertiary/aromatic N) is 3. The molecule has 3 nitrogen and oxygen atoms in total. The molecule has 4 rings (SSSR count). The van der Waals surface area contributed by atoms with Gasteiger partial charge in [0.25, 0.3) is 0 Å². The van der Waals surface area contributed by atoms with Gasteiger partial charge in [-0.1, -0.05) is 36.4 Å². The first-order chi connectivity index (χ1) is 10.9. The van der Waals surface area contributed by atoms with Crippen LogP contribution in [0.5, 0.6) is 0 Å². The van der Waals surface area contributed by atoms with Crippen LogP contribution in [0.25, 0.3) is 0 Å². The number of amidine groups is 1. The number of likely N-dealkylation sites (tertiary alicyclic amines) is 1. The molecular formula is C19H21N3. The van der Waals surface area contributed by atoms with E-state index in [9.17, 15) is 0 Å². The fourth-order valence-electron chi connectivity index (χ4n) is 3.81. The molecule has 0 amide bonds. The lowest BCUT2D eigenvalue weighted by molar-refractivity contribution is 0.318. The molecule has 1 saturated heterocycles. The van der Waals surface area contributed by atoms with Crippen molar-refractivity contribution in [3.8, 4) is 0 Å². The van der Waals surface area contributed by atoms with Gasteiger partial charge >= 0.3 is 0 Å². The molecule has 1 aromatic heterocycles. The Hall–Kier alpha value is -2.16. The van der Waals surface area contributed by atoms with Crippen LogP contribution in [-0.2, 0) is 0 Å². The Morgan fingerprint density at radius 2 is 1.68 bits per heavy atom. The first-order valence-corrected chi connectivity index (χ1v) is 8.20. The molecule has 0 saturated carbocycles. The Labute approximate surface area is 131 Å². The highest BCUT2D eigenvalue weighted by atomic mass is 15.3. The molecule has 3 heteroatoms. The molecule has 0 bridgehead atoms. The van der Waals surface area contributed by atoms with Crippen LogP contribution in [0.3, 0.4) is 0 Å². The van der Waals surface area contributed by atoms with Crippen LogP contribution in [0.1, 0.15) is 48.9 Å². The standard InChI is InChI=1S/C19H21N3/c1-2-6-15(7-3-1)17-10-11-18(16-8-4-12-20-14-16)22(17)19-9-5-13-21-19/h1-4,6-8,12,14,17-18H,5,9-11,13H2. The summed E-state index contributed by atoms with van der Waals surface area (Å²) in [5.74, 6) is 1.29. The van der Waals surface area contributed by atoms with Gasteiger partial charge in [0.2, 0.25) is 0 Å². The summed E-state index contributed by atoms with van der Waals surface area (Å²) in [6, 6.07) is 16.0. The molecule has 3 heterocycles. The second-order valence-electron chi connectivity index (χ2n) is 6.11. The Balaban J connectivity index is 1.71. The topological polar surface area (TPSA) is 28.5 Å². The lowest BCUT2D eigenvalue weighted by atomic mass is 10.0. The number of pyridine rings is 1. The van der Waals surface area contributed by atoms with Crippen LogP contribution in [0.15, 0.2) is 59.9 Å². The number of aromatic nitrogens is 1. The molecule has 0 aliphatic carbocycles. The minimum atomic E-state index is 0.413. The Morgan fingerprint density at radius 3 is 2.36 bits per heavy atom. The van der Waals surface area contributed by atoms with Crippen molar-refractivity contribution in [2.75, 3.05) is 6.54 Å². The lowest BCUT2D eigenvalue weighted by Gasteiger charge is -2.33. The molecule has 112 valence electrons. The second-order valence-corrected chi connectivity index (χ2v) is 6.11. The zero-order chi connectivity index (χ0) is 14.8. The van der Waals surface area contributed by atoms with E-state index in [0.29, 0.717) is 12.1 Å². The van der Waals surface area contributed by atoms with Gasteiger partial charge in [0.1, 0.15) is 0 Å². The molecular weight excluding hydrogens is 270 g/mol. The van der Waals surface area contributed by atoms with E-state index in [1.54, 1.807) is 0 Å². The quantitative estimate of drug-likeness (QED) is 0.831. The number of hydrogen-bond acceptors (Lipinski definition) is 3. The van der Waals surface area contributed by atoms with E-state index in [1.165, 1.54) is 36.2 Å². The fraction of sp³-hybridized carbons (Fsp3) is 0.368. The third kappa shape index (κ3) is 2.41. The van der Waals surface area contributed by atoms with Gasteiger partial charge in [-0.05, 0) is 36.5 Å². The molecule has 1 aromatic carbocycles. The normalized spacial score (nSPS) is 24.5. The monoisotopic (exact) mass is 291 g/mol. The molecule has 0 radical (unpaired) electrons. The van der Waals surface area contributed by atoms with Gasteiger partial charge in [0, 0.05) is 25.4 Å². The smallest absolute Gasteiger partial charge is 0.0999 e. The highest BCUT2D eigenvalue weighted by Gasteiger charge is 2.37. The number of hydrogen-bond donors (Lipinski definition) is 0. The van der Waals surface area contributed by atoms with E-state index >= 15 is 0 Å². The maximum absolute atomic E-state index is 4.79. The van der Waals surface area contributed by atoms with Gasteiger partial charge in [-0.15, -0.1) is 0 Å². The number of rotatable bonds is 2. The van der Waals surface area contributed by atoms with Crippen LogP contribution in [-0.4, -0.2) is 22.3 Å². The Bertz CT molecular complexity index is 603. The summed E-state index contributed by atoms with van der Waals surface area (Å²) in [7, 11) is 0. The van der Waals surface area contributed by atoms with Crippen molar-refractivity contribution in [2.45, 2.75) is 37.8 Å². The van der Waals surface area contributed by atoms with Gasteiger partial charge in [-0.3, -0.25) is 9.98 Å². The van der Waals surface area contributed by atoms with Crippen LogP contribution in [0, 0.1) is 0 Å². The van der Waals surface area contributed by atoms with E-state index in [-0.39, 0.29) is 0 Å². The zero-order valence-electron chi connectivity index (χ0n) is 12.7. The second kappa shape index (κ2) is 5.91. The summed E-state index contributed by atoms with van der Waals surface area (Å²) >= 11 is 0. The van der Waals surface area contributed by atoms with Crippen LogP contribution in [0.2, 0.25) is 0 Å². The van der Waals surface area contributed by atoms with E-state index in [0.717, 1.165) is 13.0 Å². The molecule has 2 aliphatic rings. The van der Waals surface area contributed by atoms with E-state index in [2.05, 4.69) is 46.3 Å². The predicted molar refractivity (Wildman–Crippen MR) is 88.8 cm³/mol. The summed E-state index contributed by atoms with van der Waals surface area (Å²) in [6.07, 6.45) is 8.52. The third-order valence-corrected chi connectivity index (χ3v) is 4.79. The van der Waals surface area contributed by atoms with Gasteiger partial charge in [0.05, 0.1) is 17.9 Å². The van der Waals surface area contributed by atoms with Gasteiger partial charge in [0.15, 0.2) is 0 Å². The molecule has 1 fully saturated rings. The Kier molecular flexibility index (Phi) is 3.63. The third-order valence-electron chi connectivity index (χ3n) is 4.79. The molecule has 0 N–H and O–H groups in total. The van der Waals surface area contributed by atoms with Gasteiger partial charge in [-0.25, -0.2) is 0 Å². The average Bonchev–Trinajstić information content (AvgIpc) is 3.25. The molecule has 2 unspecified atom stereocenters. The minimum absolute atomic E-state index is 0.413. The van der Waals surface area contributed by atoms with Gasteiger partial charge < -0.3 is 4.90 Å². The molecule has 0 spiro atoms. The van der Waals surface area contributed by atoms with E-state index < -0.39 is 0 Å². The van der Waals surface area contributed by atoms with Crippen molar-refractivity contribution >= 4 is 5.84 Å². The van der Waals surface area contributed by atoms with Crippen molar-refractivity contribution < 1.29 is 0 Å². The van der Waals surface area contributed by atoms with Crippen LogP contribution >= 0.6 is 0 Å². The fourth-order valence-corrected chi connectivity index (χ4v) is 3.81. The Morgan fingerprint density at radius 1 is 0.909 bits per heavy atom. The van der Waals surface area contributed by atoms with Crippen LogP contribution in [0.4, 0.5) is 0 Å². The first kappa shape index (κ1) is 13.5. The molecule has 2 aromatic rings. The molecule has 2 aliphatic heterocycles. The molecule has 22 heavy (non-hydrogen) atoms. The largest absolute Gasteiger partial charge is 0.346 e. The van der Waals surface area contributed by atoms with Gasteiger partial charge in [-0.2, -0.15) is 0 Å². The lowest BCUT2D eigenvalue weighted by Crippen LogP contribution is -2.31. The summed E-state index contributed by atoms with van der Waals surface area (Å²) in [5.41, 5.74) is 2.72. The predicted octanol–water partition coefficient (Wildman–Crippen LogP) is 4.15. The number of aliphatic imine (C=N–C) groups is 1. The average molecular weight is 291 g/mol. The zero-order valence-corrected chi connectivity index (χ0v) is 12.7. The first-order valence-electron chi connectivity index (χ1n) is 8.20. The maximum atomic E-state index is 4.79.